The molecule has 0 heterocycles. The maximum absolute atomic E-state index is 8.05. The van der Waals surface area contributed by atoms with Gasteiger partial charge in [-0.3, -0.25) is 0 Å². The number of benzene rings is 4. The number of rotatable bonds is 3. The van der Waals surface area contributed by atoms with Crippen LogP contribution in [0.5, 0.6) is 11.5 Å². The maximum Gasteiger partial charge on any atom is 0.292 e. The molecule has 34 heavy (non-hydrogen) atoms. The van der Waals surface area contributed by atoms with E-state index >= 15 is 0 Å². The van der Waals surface area contributed by atoms with Crippen molar-refractivity contribution in [1.82, 2.24) is 0 Å². The Morgan fingerprint density at radius 2 is 0.706 bits per heavy atom. The summed E-state index contributed by atoms with van der Waals surface area (Å²) in [6.45, 7) is 6.50. The molecular formula is C30H30N2O2. The first kappa shape index (κ1) is 27.5. The molecule has 0 atom stereocenters. The van der Waals surface area contributed by atoms with Gasteiger partial charge in [0.15, 0.2) is 0 Å². The molecule has 0 fully saturated rings. The Labute approximate surface area is 203 Å². The molecule has 4 heteroatoms. The van der Waals surface area contributed by atoms with Gasteiger partial charge in [0.2, 0.25) is 0 Å². The van der Waals surface area contributed by atoms with E-state index in [9.17, 15) is 0 Å². The first-order valence-electron chi connectivity index (χ1n) is 10.9. The second kappa shape index (κ2) is 18.1. The minimum atomic E-state index is 0.583. The summed E-state index contributed by atoms with van der Waals surface area (Å²) in [6.07, 6.45) is 3.17. The molecule has 0 saturated heterocycles. The van der Waals surface area contributed by atoms with Crippen molar-refractivity contribution in [3.05, 3.63) is 121 Å². The van der Waals surface area contributed by atoms with E-state index in [1.807, 2.05) is 48.5 Å². The van der Waals surface area contributed by atoms with Crippen LogP contribution < -0.4 is 9.47 Å². The Balaban J connectivity index is 0.000000240. The molecule has 0 spiro atoms. The van der Waals surface area contributed by atoms with Crippen LogP contribution in [0.4, 0.5) is 0 Å². The molecule has 0 radical (unpaired) electrons. The van der Waals surface area contributed by atoms with Gasteiger partial charge in [-0.15, -0.1) is 10.5 Å². The van der Waals surface area contributed by atoms with Gasteiger partial charge in [-0.2, -0.15) is 0 Å². The quantitative estimate of drug-likeness (QED) is 0.296. The lowest BCUT2D eigenvalue weighted by molar-refractivity contribution is 0.507. The van der Waals surface area contributed by atoms with Gasteiger partial charge >= 0.3 is 0 Å². The molecule has 0 amide bonds. The summed E-state index contributed by atoms with van der Waals surface area (Å²) in [7, 11) is 0. The number of nitrogens with zero attached hydrogens (tertiary/aromatic N) is 2. The standard InChI is InChI=1S/C12H10.2C7H5NO.C4H10/c1-3-7-11(8-4-1)12-9-5-2-6-10-12;2*8-6-9-7-4-2-1-3-5-7;1-4(2)3/h1-10H;2*1-5H;4H,1-3H3. The van der Waals surface area contributed by atoms with Crippen LogP contribution in [-0.4, -0.2) is 0 Å². The summed E-state index contributed by atoms with van der Waals surface area (Å²) in [6, 6.07) is 38.7. The topological polar surface area (TPSA) is 66.0 Å². The van der Waals surface area contributed by atoms with E-state index < -0.39 is 0 Å². The molecule has 0 aliphatic rings. The third-order valence-corrected chi connectivity index (χ3v) is 3.69. The second-order valence-corrected chi connectivity index (χ2v) is 7.48. The van der Waals surface area contributed by atoms with E-state index in [0.717, 1.165) is 5.92 Å². The molecule has 4 nitrogen and oxygen atoms in total. The molecule has 4 rings (SSSR count). The molecule has 0 saturated carbocycles. The van der Waals surface area contributed by atoms with Crippen LogP contribution in [0.3, 0.4) is 0 Å². The monoisotopic (exact) mass is 450 g/mol. The maximum atomic E-state index is 8.05. The van der Waals surface area contributed by atoms with E-state index in [2.05, 4.69) is 78.8 Å². The molecule has 0 unspecified atom stereocenters. The highest BCUT2D eigenvalue weighted by Crippen LogP contribution is 2.17. The van der Waals surface area contributed by atoms with Crippen LogP contribution in [0.15, 0.2) is 121 Å². The van der Waals surface area contributed by atoms with Gasteiger partial charge in [0.1, 0.15) is 11.5 Å². The fourth-order valence-electron chi connectivity index (χ4n) is 2.34. The Bertz CT molecular complexity index is 995. The number of hydrogen-bond acceptors (Lipinski definition) is 4. The van der Waals surface area contributed by atoms with Crippen LogP contribution in [0.2, 0.25) is 0 Å². The Morgan fingerprint density at radius 1 is 0.471 bits per heavy atom. The van der Waals surface area contributed by atoms with Gasteiger partial charge in [0.25, 0.3) is 12.5 Å². The van der Waals surface area contributed by atoms with Gasteiger partial charge in [0.05, 0.1) is 0 Å². The summed E-state index contributed by atoms with van der Waals surface area (Å²) in [5.41, 5.74) is 2.55. The average Bonchev–Trinajstić information content (AvgIpc) is 2.87. The van der Waals surface area contributed by atoms with Crippen molar-refractivity contribution in [3.63, 3.8) is 0 Å². The molecule has 0 aliphatic heterocycles. The summed E-state index contributed by atoms with van der Waals surface area (Å²) in [5, 5.41) is 16.1. The van der Waals surface area contributed by atoms with Crippen molar-refractivity contribution >= 4 is 0 Å². The molecule has 0 N–H and O–H groups in total. The largest absolute Gasteiger partial charge is 0.388 e. The fraction of sp³-hybridized carbons (Fsp3) is 0.133. The molecule has 172 valence electrons. The minimum absolute atomic E-state index is 0.583. The predicted octanol–water partition coefficient (Wildman–Crippen LogP) is 8.11. The first-order chi connectivity index (χ1) is 16.6. The van der Waals surface area contributed by atoms with Crippen molar-refractivity contribution < 1.29 is 9.47 Å². The van der Waals surface area contributed by atoms with Crippen molar-refractivity contribution in [2.75, 3.05) is 0 Å². The third kappa shape index (κ3) is 13.7. The Morgan fingerprint density at radius 3 is 0.941 bits per heavy atom. The first-order valence-corrected chi connectivity index (χ1v) is 10.9. The minimum Gasteiger partial charge on any atom is -0.388 e. The zero-order valence-corrected chi connectivity index (χ0v) is 19.8. The van der Waals surface area contributed by atoms with Gasteiger partial charge in [-0.25, -0.2) is 0 Å². The van der Waals surface area contributed by atoms with E-state index in [1.54, 1.807) is 36.8 Å². The fourth-order valence-corrected chi connectivity index (χ4v) is 2.34. The van der Waals surface area contributed by atoms with Gasteiger partial charge < -0.3 is 9.47 Å². The highest BCUT2D eigenvalue weighted by Gasteiger charge is 1.91. The van der Waals surface area contributed by atoms with Crippen molar-refractivity contribution in [1.29, 1.82) is 10.5 Å². The molecule has 4 aromatic carbocycles. The van der Waals surface area contributed by atoms with Gasteiger partial charge in [0, 0.05) is 0 Å². The summed E-state index contributed by atoms with van der Waals surface area (Å²) >= 11 is 0. The Hall–Kier alpha value is -4.54. The van der Waals surface area contributed by atoms with E-state index in [0.29, 0.717) is 11.5 Å². The van der Waals surface area contributed by atoms with Crippen LogP contribution in [0.1, 0.15) is 20.8 Å². The lowest BCUT2D eigenvalue weighted by atomic mass is 10.1. The van der Waals surface area contributed by atoms with Crippen molar-refractivity contribution in [2.45, 2.75) is 20.8 Å². The SMILES string of the molecule is CC(C)C.N#COc1ccccc1.N#COc1ccccc1.c1ccc(-c2ccccc2)cc1. The van der Waals surface area contributed by atoms with Crippen LogP contribution in [0.25, 0.3) is 11.1 Å². The molecule has 0 aliphatic carbocycles. The van der Waals surface area contributed by atoms with E-state index in [-0.39, 0.29) is 0 Å². The van der Waals surface area contributed by atoms with Gasteiger partial charge in [-0.1, -0.05) is 118 Å². The van der Waals surface area contributed by atoms with Crippen LogP contribution in [0, 0.1) is 29.0 Å². The molecule has 4 aromatic rings. The zero-order chi connectivity index (χ0) is 24.9. The smallest absolute Gasteiger partial charge is 0.292 e. The summed E-state index contributed by atoms with van der Waals surface area (Å²) < 4.78 is 9.02. The number of para-hydroxylation sites is 2. The molecule has 0 bridgehead atoms. The van der Waals surface area contributed by atoms with Crippen molar-refractivity contribution in [2.24, 2.45) is 5.92 Å². The summed E-state index contributed by atoms with van der Waals surface area (Å²) in [4.78, 5) is 0. The highest BCUT2D eigenvalue weighted by molar-refractivity contribution is 5.62. The average molecular weight is 451 g/mol. The van der Waals surface area contributed by atoms with Crippen LogP contribution >= 0.6 is 0 Å². The number of hydrogen-bond donors (Lipinski definition) is 0. The predicted molar refractivity (Wildman–Crippen MR) is 138 cm³/mol. The normalized spacial score (nSPS) is 8.65. The third-order valence-electron chi connectivity index (χ3n) is 3.69. The second-order valence-electron chi connectivity index (χ2n) is 7.48. The number of ether oxygens (including phenoxy) is 2. The lowest BCUT2D eigenvalue weighted by Crippen LogP contribution is -1.78. The highest BCUT2D eigenvalue weighted by atomic mass is 16.5. The summed E-state index contributed by atoms with van der Waals surface area (Å²) in [5.74, 6) is 2.00. The number of nitriles is 2. The van der Waals surface area contributed by atoms with E-state index in [1.165, 1.54) is 11.1 Å². The van der Waals surface area contributed by atoms with E-state index in [4.69, 9.17) is 10.5 Å². The van der Waals surface area contributed by atoms with Crippen LogP contribution in [-0.2, 0) is 0 Å². The Kier molecular flexibility index (Phi) is 14.6. The van der Waals surface area contributed by atoms with Crippen molar-refractivity contribution in [3.8, 4) is 35.1 Å². The van der Waals surface area contributed by atoms with Gasteiger partial charge in [-0.05, 0) is 41.3 Å². The lowest BCUT2D eigenvalue weighted by Gasteiger charge is -1.98. The molecule has 0 aromatic heterocycles. The molecular weight excluding hydrogens is 420 g/mol. The zero-order valence-electron chi connectivity index (χ0n) is 19.8.